The Kier molecular flexibility index (Phi) is 7.05. The number of urea groups is 1. The average Bonchev–Trinajstić information content (AvgIpc) is 3.53. The van der Waals surface area contributed by atoms with Crippen molar-refractivity contribution in [3.05, 3.63) is 58.9 Å². The molecule has 2 heterocycles. The molecule has 3 aliphatic carbocycles. The molecule has 6 rings (SSSR count). The van der Waals surface area contributed by atoms with Crippen LogP contribution in [-0.4, -0.2) is 51.4 Å². The first kappa shape index (κ1) is 25.2. The van der Waals surface area contributed by atoms with Crippen LogP contribution in [0.25, 0.3) is 0 Å². The van der Waals surface area contributed by atoms with Gasteiger partial charge in [0.25, 0.3) is 0 Å². The van der Waals surface area contributed by atoms with E-state index < -0.39 is 0 Å². The maximum Gasteiger partial charge on any atom is 0.315 e. The summed E-state index contributed by atoms with van der Waals surface area (Å²) in [6.45, 7) is 0. The lowest BCUT2D eigenvalue weighted by atomic mass is 9.83. The van der Waals surface area contributed by atoms with Gasteiger partial charge in [-0.3, -0.25) is 5.10 Å². The van der Waals surface area contributed by atoms with Gasteiger partial charge in [0.1, 0.15) is 5.82 Å². The third-order valence-electron chi connectivity index (χ3n) is 8.54. The van der Waals surface area contributed by atoms with Crippen LogP contribution in [0.1, 0.15) is 73.2 Å². The molecule has 10 heteroatoms. The Morgan fingerprint density at radius 1 is 1.00 bits per heavy atom. The standard InChI is InChI=1S/C29H35N9O/c1-38(28-31-12-11-26(35-28)34-27-16-25(36-37-27)19-3-2-4-19)24-9-7-22(8-10-24)32-29(39)33-23-14-20-6-5-18(17-30)13-21(20)15-23/h5-6,11-13,16,19,22-24H,2-4,7-10,14-15H2,1H3,(H2,32,33,39)(H2,31,34,35,36,37). The van der Waals surface area contributed by atoms with E-state index in [1.54, 1.807) is 6.20 Å². The maximum atomic E-state index is 12.7. The van der Waals surface area contributed by atoms with Crippen molar-refractivity contribution in [1.29, 1.82) is 5.26 Å². The van der Waals surface area contributed by atoms with Crippen LogP contribution >= 0.6 is 0 Å². The monoisotopic (exact) mass is 525 g/mol. The highest BCUT2D eigenvalue weighted by molar-refractivity contribution is 5.75. The van der Waals surface area contributed by atoms with Crippen molar-refractivity contribution in [1.82, 2.24) is 30.8 Å². The zero-order valence-corrected chi connectivity index (χ0v) is 22.3. The summed E-state index contributed by atoms with van der Waals surface area (Å²) in [7, 11) is 2.04. The fourth-order valence-corrected chi connectivity index (χ4v) is 6.02. The van der Waals surface area contributed by atoms with Crippen molar-refractivity contribution in [3.63, 3.8) is 0 Å². The number of hydrogen-bond donors (Lipinski definition) is 4. The number of amides is 2. The Bertz CT molecular complexity index is 1370. The van der Waals surface area contributed by atoms with E-state index in [-0.39, 0.29) is 18.1 Å². The van der Waals surface area contributed by atoms with E-state index in [0.29, 0.717) is 23.5 Å². The van der Waals surface area contributed by atoms with E-state index in [1.165, 1.54) is 30.5 Å². The number of aromatic amines is 1. The predicted molar refractivity (Wildman–Crippen MR) is 149 cm³/mol. The Morgan fingerprint density at radius 3 is 2.56 bits per heavy atom. The number of carbonyl (C=O) groups is 1. The van der Waals surface area contributed by atoms with Crippen molar-refractivity contribution in [3.8, 4) is 6.07 Å². The molecular formula is C29H35N9O. The van der Waals surface area contributed by atoms with Crippen molar-refractivity contribution in [2.75, 3.05) is 17.3 Å². The normalized spacial score (nSPS) is 22.3. The van der Waals surface area contributed by atoms with Gasteiger partial charge in [-0.05, 0) is 80.7 Å². The summed E-state index contributed by atoms with van der Waals surface area (Å²) in [5.41, 5.74) is 4.24. The van der Waals surface area contributed by atoms with Crippen molar-refractivity contribution in [2.24, 2.45) is 0 Å². The molecule has 2 saturated carbocycles. The zero-order valence-electron chi connectivity index (χ0n) is 22.3. The highest BCUT2D eigenvalue weighted by atomic mass is 16.2. The number of nitrogens with one attached hydrogen (secondary N) is 4. The van der Waals surface area contributed by atoms with E-state index in [1.807, 2.05) is 31.3 Å². The number of hydrogen-bond acceptors (Lipinski definition) is 7. The molecule has 0 saturated heterocycles. The summed E-state index contributed by atoms with van der Waals surface area (Å²) in [5.74, 6) is 2.80. The minimum absolute atomic E-state index is 0.0701. The first-order valence-corrected chi connectivity index (χ1v) is 14.0. The summed E-state index contributed by atoms with van der Waals surface area (Å²) >= 11 is 0. The second-order valence-electron chi connectivity index (χ2n) is 11.1. The number of benzene rings is 1. The van der Waals surface area contributed by atoms with E-state index in [9.17, 15) is 4.79 Å². The molecule has 0 bridgehead atoms. The van der Waals surface area contributed by atoms with Gasteiger partial charge in [-0.15, -0.1) is 0 Å². The molecule has 0 spiro atoms. The maximum absolute atomic E-state index is 12.7. The first-order chi connectivity index (χ1) is 19.0. The van der Waals surface area contributed by atoms with Gasteiger partial charge >= 0.3 is 6.03 Å². The number of nitriles is 1. The smallest absolute Gasteiger partial charge is 0.315 e. The fraction of sp³-hybridized carbons (Fsp3) is 0.483. The summed E-state index contributed by atoms with van der Waals surface area (Å²) in [5, 5.41) is 26.3. The zero-order chi connectivity index (χ0) is 26.8. The third kappa shape index (κ3) is 5.67. The molecule has 2 amide bonds. The molecule has 0 aliphatic heterocycles. The second kappa shape index (κ2) is 10.9. The van der Waals surface area contributed by atoms with Crippen molar-refractivity contribution in [2.45, 2.75) is 81.8 Å². The van der Waals surface area contributed by atoms with Crippen LogP contribution in [0.15, 0.2) is 36.5 Å². The summed E-state index contributed by atoms with van der Waals surface area (Å²) in [4.78, 5) is 24.1. The lowest BCUT2D eigenvalue weighted by Gasteiger charge is -2.35. The number of carbonyl (C=O) groups excluding carboxylic acids is 1. The number of nitrogens with zero attached hydrogens (tertiary/aromatic N) is 5. The van der Waals surface area contributed by atoms with Gasteiger partial charge in [-0.2, -0.15) is 15.3 Å². The molecule has 3 aromatic rings. The lowest BCUT2D eigenvalue weighted by molar-refractivity contribution is 0.227. The summed E-state index contributed by atoms with van der Waals surface area (Å²) in [6.07, 6.45) is 10.8. The highest BCUT2D eigenvalue weighted by Gasteiger charge is 2.28. The molecule has 1 aromatic carbocycles. The van der Waals surface area contributed by atoms with Gasteiger partial charge < -0.3 is 20.9 Å². The van der Waals surface area contributed by atoms with Crippen molar-refractivity contribution < 1.29 is 4.79 Å². The van der Waals surface area contributed by atoms with Gasteiger partial charge in [0, 0.05) is 49.0 Å². The second-order valence-corrected chi connectivity index (χ2v) is 11.1. The number of rotatable bonds is 7. The largest absolute Gasteiger partial charge is 0.341 e. The molecule has 3 aliphatic rings. The molecule has 202 valence electrons. The molecule has 0 radical (unpaired) electrons. The first-order valence-electron chi connectivity index (χ1n) is 14.0. The molecule has 2 aromatic heterocycles. The Labute approximate surface area is 228 Å². The van der Waals surface area contributed by atoms with E-state index in [4.69, 9.17) is 10.2 Å². The van der Waals surface area contributed by atoms with Crippen LogP contribution in [-0.2, 0) is 12.8 Å². The van der Waals surface area contributed by atoms with Crippen LogP contribution < -0.4 is 20.9 Å². The van der Waals surface area contributed by atoms with Crippen LogP contribution in [0.2, 0.25) is 0 Å². The highest BCUT2D eigenvalue weighted by Crippen LogP contribution is 2.36. The Hall–Kier alpha value is -4.13. The lowest BCUT2D eigenvalue weighted by Crippen LogP contribution is -2.49. The van der Waals surface area contributed by atoms with Gasteiger partial charge in [-0.1, -0.05) is 12.5 Å². The van der Waals surface area contributed by atoms with Gasteiger partial charge in [-0.25, -0.2) is 9.78 Å². The molecular weight excluding hydrogens is 490 g/mol. The molecule has 1 atom stereocenters. The average molecular weight is 526 g/mol. The third-order valence-corrected chi connectivity index (χ3v) is 8.54. The van der Waals surface area contributed by atoms with Crippen LogP contribution in [0.5, 0.6) is 0 Å². The minimum Gasteiger partial charge on any atom is -0.341 e. The van der Waals surface area contributed by atoms with Crippen LogP contribution in [0, 0.1) is 11.3 Å². The van der Waals surface area contributed by atoms with E-state index in [0.717, 1.165) is 55.7 Å². The topological polar surface area (TPSA) is 135 Å². The molecule has 2 fully saturated rings. The quantitative estimate of drug-likeness (QED) is 0.361. The number of fused-ring (bicyclic) bond motifs is 1. The molecule has 10 nitrogen and oxygen atoms in total. The van der Waals surface area contributed by atoms with Crippen molar-refractivity contribution >= 4 is 23.6 Å². The SMILES string of the molecule is CN(c1nccc(Nc2cc(C3CCC3)[nH]n2)n1)C1CCC(NC(=O)NC2Cc3ccc(C#N)cc3C2)CC1. The number of H-pyrrole nitrogens is 1. The van der Waals surface area contributed by atoms with E-state index in [2.05, 4.69) is 48.2 Å². The van der Waals surface area contributed by atoms with Gasteiger partial charge in [0.2, 0.25) is 5.95 Å². The minimum atomic E-state index is -0.106. The Balaban J connectivity index is 0.968. The summed E-state index contributed by atoms with van der Waals surface area (Å²) in [6, 6.07) is 12.4. The molecule has 4 N–H and O–H groups in total. The van der Waals surface area contributed by atoms with Gasteiger partial charge in [0.05, 0.1) is 11.6 Å². The fourth-order valence-electron chi connectivity index (χ4n) is 6.02. The molecule has 1 unspecified atom stereocenters. The number of aromatic nitrogens is 4. The van der Waals surface area contributed by atoms with E-state index >= 15 is 0 Å². The van der Waals surface area contributed by atoms with Gasteiger partial charge in [0.15, 0.2) is 5.82 Å². The van der Waals surface area contributed by atoms with Crippen LogP contribution in [0.4, 0.5) is 22.4 Å². The Morgan fingerprint density at radius 2 is 1.79 bits per heavy atom. The summed E-state index contributed by atoms with van der Waals surface area (Å²) < 4.78 is 0. The predicted octanol–water partition coefficient (Wildman–Crippen LogP) is 4.30. The van der Waals surface area contributed by atoms with Crippen LogP contribution in [0.3, 0.4) is 0 Å². The number of anilines is 3. The molecule has 39 heavy (non-hydrogen) atoms.